The third kappa shape index (κ3) is 2.84. The van der Waals surface area contributed by atoms with E-state index in [4.69, 9.17) is 10.4 Å². The van der Waals surface area contributed by atoms with Gasteiger partial charge in [-0.25, -0.2) is 4.39 Å². The highest BCUT2D eigenvalue weighted by Crippen LogP contribution is 2.29. The van der Waals surface area contributed by atoms with Crippen LogP contribution < -0.4 is 4.74 Å². The summed E-state index contributed by atoms with van der Waals surface area (Å²) < 4.78 is 52.4. The number of aliphatic hydroxyl groups is 1. The first kappa shape index (κ1) is 12.3. The predicted molar refractivity (Wildman–Crippen MR) is 43.7 cm³/mol. The largest absolute Gasteiger partial charge is 0.573 e. The molecule has 1 N–H and O–H groups in total. The zero-order valence-electron chi connectivity index (χ0n) is 7.68. The van der Waals surface area contributed by atoms with Crippen LogP contribution in [0.2, 0.25) is 0 Å². The van der Waals surface area contributed by atoms with Crippen molar-refractivity contribution < 1.29 is 27.4 Å². The molecule has 0 saturated heterocycles. The van der Waals surface area contributed by atoms with E-state index in [0.717, 1.165) is 6.07 Å². The molecule has 0 aromatic heterocycles. The van der Waals surface area contributed by atoms with Crippen molar-refractivity contribution in [1.82, 2.24) is 0 Å². The Hall–Kier alpha value is -1.81. The molecule has 0 saturated carbocycles. The number of hydrogen-bond donors (Lipinski definition) is 1. The van der Waals surface area contributed by atoms with Crippen molar-refractivity contribution in [2.75, 3.05) is 0 Å². The Kier molecular flexibility index (Phi) is 3.34. The van der Waals surface area contributed by atoms with Crippen molar-refractivity contribution in [2.45, 2.75) is 13.0 Å². The van der Waals surface area contributed by atoms with Gasteiger partial charge in [0.25, 0.3) is 0 Å². The number of benzene rings is 1. The molecule has 0 unspecified atom stereocenters. The lowest BCUT2D eigenvalue weighted by atomic mass is 10.1. The maximum Gasteiger partial charge on any atom is 0.573 e. The molecule has 0 atom stereocenters. The minimum absolute atomic E-state index is 0.325. The van der Waals surface area contributed by atoms with Crippen LogP contribution in [0.5, 0.6) is 5.75 Å². The lowest BCUT2D eigenvalue weighted by Crippen LogP contribution is -2.18. The van der Waals surface area contributed by atoms with Gasteiger partial charge in [-0.05, 0) is 12.1 Å². The summed E-state index contributed by atoms with van der Waals surface area (Å²) in [5, 5.41) is 17.1. The Morgan fingerprint density at radius 1 is 1.38 bits per heavy atom. The quantitative estimate of drug-likeness (QED) is 0.798. The van der Waals surface area contributed by atoms with Crippen LogP contribution in [0.25, 0.3) is 0 Å². The number of halogens is 4. The summed E-state index contributed by atoms with van der Waals surface area (Å²) in [6, 6.07) is 2.90. The van der Waals surface area contributed by atoms with Gasteiger partial charge in [-0.1, -0.05) is 0 Å². The number of alkyl halides is 3. The van der Waals surface area contributed by atoms with Crippen LogP contribution in [0.1, 0.15) is 11.1 Å². The Balaban J connectivity index is 3.24. The lowest BCUT2D eigenvalue weighted by Gasteiger charge is -2.12. The number of ether oxygens (including phenoxy) is 1. The van der Waals surface area contributed by atoms with Gasteiger partial charge in [-0.15, -0.1) is 13.2 Å². The molecule has 7 heteroatoms. The summed E-state index contributed by atoms with van der Waals surface area (Å²) in [4.78, 5) is 0. The van der Waals surface area contributed by atoms with Crippen molar-refractivity contribution in [1.29, 1.82) is 5.26 Å². The van der Waals surface area contributed by atoms with Crippen molar-refractivity contribution in [3.05, 3.63) is 29.1 Å². The second kappa shape index (κ2) is 4.37. The van der Waals surface area contributed by atoms with Crippen molar-refractivity contribution in [2.24, 2.45) is 0 Å². The summed E-state index contributed by atoms with van der Waals surface area (Å²) >= 11 is 0. The molecule has 1 rings (SSSR count). The van der Waals surface area contributed by atoms with Gasteiger partial charge in [0, 0.05) is 0 Å². The molecule has 0 radical (unpaired) electrons. The van der Waals surface area contributed by atoms with Crippen LogP contribution in [0.4, 0.5) is 17.6 Å². The molecule has 0 amide bonds. The van der Waals surface area contributed by atoms with E-state index in [9.17, 15) is 17.6 Å². The van der Waals surface area contributed by atoms with Crippen molar-refractivity contribution in [3.8, 4) is 11.8 Å². The normalized spacial score (nSPS) is 11.0. The second-order valence-corrected chi connectivity index (χ2v) is 2.75. The highest BCUT2D eigenvalue weighted by molar-refractivity contribution is 5.43. The molecule has 1 aromatic carbocycles. The van der Waals surface area contributed by atoms with Crippen LogP contribution in [0.15, 0.2) is 12.1 Å². The first-order chi connectivity index (χ1) is 7.37. The topological polar surface area (TPSA) is 53.2 Å². The lowest BCUT2D eigenvalue weighted by molar-refractivity contribution is -0.275. The fourth-order valence-corrected chi connectivity index (χ4v) is 1.05. The molecule has 0 aliphatic carbocycles. The highest BCUT2D eigenvalue weighted by Gasteiger charge is 2.32. The van der Waals surface area contributed by atoms with Gasteiger partial charge < -0.3 is 9.84 Å². The van der Waals surface area contributed by atoms with Gasteiger partial charge >= 0.3 is 6.36 Å². The van der Waals surface area contributed by atoms with Crippen LogP contribution in [0.3, 0.4) is 0 Å². The number of nitrogens with zero attached hydrogens (tertiary/aromatic N) is 1. The summed E-state index contributed by atoms with van der Waals surface area (Å²) in [5.41, 5.74) is -0.967. The van der Waals surface area contributed by atoms with Crippen LogP contribution >= 0.6 is 0 Å². The fraction of sp³-hybridized carbons (Fsp3) is 0.222. The Morgan fingerprint density at radius 3 is 2.44 bits per heavy atom. The molecular weight excluding hydrogens is 230 g/mol. The molecule has 0 aliphatic rings. The van der Waals surface area contributed by atoms with Gasteiger partial charge in [-0.3, -0.25) is 0 Å². The number of hydrogen-bond acceptors (Lipinski definition) is 3. The molecule has 0 aliphatic heterocycles. The summed E-state index contributed by atoms with van der Waals surface area (Å²) in [6.07, 6.45) is -5.01. The van der Waals surface area contributed by atoms with E-state index in [1.807, 2.05) is 0 Å². The van der Waals surface area contributed by atoms with E-state index in [1.54, 1.807) is 0 Å². The van der Waals surface area contributed by atoms with E-state index in [-0.39, 0.29) is 5.56 Å². The highest BCUT2D eigenvalue weighted by atomic mass is 19.4. The maximum absolute atomic E-state index is 13.1. The van der Waals surface area contributed by atoms with Crippen LogP contribution in [0, 0.1) is 17.1 Å². The molecule has 3 nitrogen and oxygen atoms in total. The van der Waals surface area contributed by atoms with E-state index >= 15 is 0 Å². The van der Waals surface area contributed by atoms with E-state index in [0.29, 0.717) is 6.07 Å². The van der Waals surface area contributed by atoms with Gasteiger partial charge in [0.05, 0.1) is 23.8 Å². The van der Waals surface area contributed by atoms with E-state index < -0.39 is 30.1 Å². The summed E-state index contributed by atoms with van der Waals surface area (Å²) in [6.45, 7) is -0.955. The zero-order chi connectivity index (χ0) is 12.3. The first-order valence-electron chi connectivity index (χ1n) is 3.96. The summed E-state index contributed by atoms with van der Waals surface area (Å²) in [5.74, 6) is -2.03. The standard InChI is InChI=1S/C9H5F4NO2/c10-7-1-5(3-14)2-8(6(7)4-15)16-9(11,12)13/h1-2,15H,4H2. The Bertz CT molecular complexity index is 436. The molecule has 16 heavy (non-hydrogen) atoms. The van der Waals surface area contributed by atoms with E-state index in [1.165, 1.54) is 6.07 Å². The van der Waals surface area contributed by atoms with Crippen molar-refractivity contribution >= 4 is 0 Å². The van der Waals surface area contributed by atoms with Crippen LogP contribution in [-0.2, 0) is 6.61 Å². The number of aliphatic hydroxyl groups excluding tert-OH is 1. The third-order valence-corrected chi connectivity index (χ3v) is 1.67. The Morgan fingerprint density at radius 2 is 2.00 bits per heavy atom. The van der Waals surface area contributed by atoms with E-state index in [2.05, 4.69) is 4.74 Å². The number of nitriles is 1. The molecule has 0 fully saturated rings. The van der Waals surface area contributed by atoms with Gasteiger partial charge in [0.15, 0.2) is 0 Å². The minimum Gasteiger partial charge on any atom is -0.405 e. The molecule has 0 spiro atoms. The van der Waals surface area contributed by atoms with Gasteiger partial charge in [0.1, 0.15) is 11.6 Å². The second-order valence-electron chi connectivity index (χ2n) is 2.75. The molecule has 1 aromatic rings. The number of rotatable bonds is 2. The molecule has 86 valence electrons. The monoisotopic (exact) mass is 235 g/mol. The molecule has 0 heterocycles. The summed E-state index contributed by atoms with van der Waals surface area (Å²) in [7, 11) is 0. The van der Waals surface area contributed by atoms with Gasteiger partial charge in [-0.2, -0.15) is 5.26 Å². The fourth-order valence-electron chi connectivity index (χ4n) is 1.05. The molecular formula is C9H5F4NO2. The van der Waals surface area contributed by atoms with Gasteiger partial charge in [0.2, 0.25) is 0 Å². The van der Waals surface area contributed by atoms with Crippen LogP contribution in [-0.4, -0.2) is 11.5 Å². The average molecular weight is 235 g/mol. The minimum atomic E-state index is -5.01. The maximum atomic E-state index is 13.1. The predicted octanol–water partition coefficient (Wildman–Crippen LogP) is 2.09. The molecule has 0 bridgehead atoms. The third-order valence-electron chi connectivity index (χ3n) is 1.67. The Labute approximate surface area is 87.5 Å². The smallest absolute Gasteiger partial charge is 0.405 e. The van der Waals surface area contributed by atoms with Crippen molar-refractivity contribution in [3.63, 3.8) is 0 Å². The first-order valence-corrected chi connectivity index (χ1v) is 3.96. The average Bonchev–Trinajstić information content (AvgIpc) is 2.14. The zero-order valence-corrected chi connectivity index (χ0v) is 7.68. The SMILES string of the molecule is N#Cc1cc(F)c(CO)c(OC(F)(F)F)c1.